The molecule has 0 saturated carbocycles. The molecular weight excluding hydrogens is 503 g/mol. The summed E-state index contributed by atoms with van der Waals surface area (Å²) in [6.45, 7) is 3.73. The summed E-state index contributed by atoms with van der Waals surface area (Å²) >= 11 is 0. The van der Waals surface area contributed by atoms with E-state index in [-0.39, 0.29) is 40.2 Å². The number of nitrogens with zero attached hydrogens (tertiary/aromatic N) is 1. The third-order valence-corrected chi connectivity index (χ3v) is 8.11. The van der Waals surface area contributed by atoms with Gasteiger partial charge in [-0.05, 0) is 43.5 Å². The minimum absolute atomic E-state index is 0.0263. The van der Waals surface area contributed by atoms with Gasteiger partial charge in [0.05, 0.1) is 17.6 Å². The van der Waals surface area contributed by atoms with Crippen LogP contribution in [0.2, 0.25) is 0 Å². The second-order valence-corrected chi connectivity index (χ2v) is 11.3. The number of nitrogens with two attached hydrogens (primary N) is 1. The van der Waals surface area contributed by atoms with E-state index in [1.807, 2.05) is 41.8 Å². The van der Waals surface area contributed by atoms with Gasteiger partial charge in [-0.2, -0.15) is 0 Å². The number of halogens is 1. The quantitative estimate of drug-likeness (QED) is 0.345. The largest absolute Gasteiger partial charge is 0.494 e. The average molecular weight is 535 g/mol. The summed E-state index contributed by atoms with van der Waals surface area (Å²) < 4.78 is 47.5. The van der Waals surface area contributed by atoms with Gasteiger partial charge in [-0.1, -0.05) is 60.7 Å². The van der Waals surface area contributed by atoms with E-state index in [0.717, 1.165) is 11.8 Å². The number of hydrogen-bond acceptors (Lipinski definition) is 5. The SMILES string of the molecule is COc1cccc(-c2c(C)n(Cc3ccccc3S(C)(=O)=O)c(C)c(CC(N)c3ccccc3)c2=O)c1F. The van der Waals surface area contributed by atoms with Crippen molar-refractivity contribution in [2.75, 3.05) is 13.4 Å². The van der Waals surface area contributed by atoms with E-state index >= 15 is 4.39 Å². The highest BCUT2D eigenvalue weighted by molar-refractivity contribution is 7.90. The van der Waals surface area contributed by atoms with Gasteiger partial charge in [-0.15, -0.1) is 0 Å². The zero-order valence-electron chi connectivity index (χ0n) is 21.9. The predicted molar refractivity (Wildman–Crippen MR) is 148 cm³/mol. The van der Waals surface area contributed by atoms with Crippen LogP contribution in [-0.4, -0.2) is 26.4 Å². The van der Waals surface area contributed by atoms with Crippen molar-refractivity contribution in [2.24, 2.45) is 5.73 Å². The molecule has 8 heteroatoms. The Kier molecular flexibility index (Phi) is 7.85. The first-order valence-electron chi connectivity index (χ1n) is 12.2. The van der Waals surface area contributed by atoms with Gasteiger partial charge in [0.1, 0.15) is 0 Å². The summed E-state index contributed by atoms with van der Waals surface area (Å²) in [4.78, 5) is 14.2. The van der Waals surface area contributed by atoms with Crippen LogP contribution >= 0.6 is 0 Å². The maximum atomic E-state index is 15.5. The Labute approximate surface area is 222 Å². The Bertz CT molecular complexity index is 1650. The molecule has 0 aliphatic heterocycles. The highest BCUT2D eigenvalue weighted by atomic mass is 32.2. The zero-order valence-corrected chi connectivity index (χ0v) is 22.7. The molecule has 0 aliphatic carbocycles. The molecule has 3 aromatic carbocycles. The van der Waals surface area contributed by atoms with Crippen LogP contribution in [0.3, 0.4) is 0 Å². The molecule has 0 fully saturated rings. The van der Waals surface area contributed by atoms with Crippen LogP contribution in [-0.2, 0) is 22.8 Å². The van der Waals surface area contributed by atoms with Crippen LogP contribution in [0.4, 0.5) is 4.39 Å². The number of sulfone groups is 1. The minimum atomic E-state index is -3.50. The smallest absolute Gasteiger partial charge is 0.193 e. The Balaban J connectivity index is 1.98. The van der Waals surface area contributed by atoms with E-state index in [2.05, 4.69) is 0 Å². The van der Waals surface area contributed by atoms with Crippen molar-refractivity contribution in [1.82, 2.24) is 4.57 Å². The molecule has 1 atom stereocenters. The van der Waals surface area contributed by atoms with Crippen LogP contribution < -0.4 is 15.9 Å². The number of ether oxygens (including phenoxy) is 1. The fourth-order valence-electron chi connectivity index (χ4n) is 4.89. The number of pyridine rings is 1. The van der Waals surface area contributed by atoms with Crippen LogP contribution in [0, 0.1) is 19.7 Å². The normalized spacial score (nSPS) is 12.4. The third-order valence-electron chi connectivity index (χ3n) is 6.91. The fraction of sp³-hybridized carbons (Fsp3) is 0.233. The topological polar surface area (TPSA) is 91.4 Å². The highest BCUT2D eigenvalue weighted by Crippen LogP contribution is 2.32. The molecule has 198 valence electrons. The minimum Gasteiger partial charge on any atom is -0.494 e. The lowest BCUT2D eigenvalue weighted by Gasteiger charge is -2.24. The first kappa shape index (κ1) is 27.3. The van der Waals surface area contributed by atoms with Crippen LogP contribution in [0.1, 0.15) is 34.1 Å². The van der Waals surface area contributed by atoms with Crippen molar-refractivity contribution < 1.29 is 17.5 Å². The first-order chi connectivity index (χ1) is 18.0. The van der Waals surface area contributed by atoms with Crippen molar-refractivity contribution in [3.8, 4) is 16.9 Å². The van der Waals surface area contributed by atoms with Gasteiger partial charge in [0.25, 0.3) is 0 Å². The molecule has 4 aromatic rings. The lowest BCUT2D eigenvalue weighted by Crippen LogP contribution is -2.27. The summed E-state index contributed by atoms with van der Waals surface area (Å²) in [6, 6.07) is 20.4. The van der Waals surface area contributed by atoms with Crippen LogP contribution in [0.25, 0.3) is 11.1 Å². The van der Waals surface area contributed by atoms with Crippen molar-refractivity contribution >= 4 is 9.84 Å². The molecule has 1 unspecified atom stereocenters. The summed E-state index contributed by atoms with van der Waals surface area (Å²) in [5, 5.41) is 0. The van der Waals surface area contributed by atoms with Gasteiger partial charge >= 0.3 is 0 Å². The van der Waals surface area contributed by atoms with E-state index in [4.69, 9.17) is 10.5 Å². The Hall–Kier alpha value is -3.75. The lowest BCUT2D eigenvalue weighted by atomic mass is 9.93. The average Bonchev–Trinajstić information content (AvgIpc) is 2.90. The monoisotopic (exact) mass is 534 g/mol. The van der Waals surface area contributed by atoms with Crippen molar-refractivity contribution in [2.45, 2.75) is 37.8 Å². The second-order valence-electron chi connectivity index (χ2n) is 9.36. The maximum Gasteiger partial charge on any atom is 0.193 e. The summed E-state index contributed by atoms with van der Waals surface area (Å²) in [5.41, 5.74) is 9.57. The van der Waals surface area contributed by atoms with Gasteiger partial charge in [0.15, 0.2) is 26.8 Å². The molecule has 0 radical (unpaired) electrons. The Morgan fingerprint density at radius 2 is 1.61 bits per heavy atom. The fourth-order valence-corrected chi connectivity index (χ4v) is 5.82. The van der Waals surface area contributed by atoms with Gasteiger partial charge in [0, 0.05) is 41.4 Å². The number of rotatable bonds is 8. The number of benzene rings is 3. The molecule has 0 aliphatic rings. The molecule has 4 rings (SSSR count). The van der Waals surface area contributed by atoms with Crippen LogP contribution in [0.15, 0.2) is 82.5 Å². The predicted octanol–water partition coefficient (Wildman–Crippen LogP) is 4.97. The Morgan fingerprint density at radius 3 is 2.26 bits per heavy atom. The molecule has 0 bridgehead atoms. The van der Waals surface area contributed by atoms with E-state index in [0.29, 0.717) is 22.5 Å². The van der Waals surface area contributed by atoms with E-state index in [9.17, 15) is 13.2 Å². The summed E-state index contributed by atoms with van der Waals surface area (Å²) in [6.07, 6.45) is 1.39. The molecule has 2 N–H and O–H groups in total. The molecule has 1 aromatic heterocycles. The molecule has 0 saturated heterocycles. The summed E-state index contributed by atoms with van der Waals surface area (Å²) in [7, 11) is -2.13. The van der Waals surface area contributed by atoms with Crippen molar-refractivity contribution in [3.05, 3.63) is 117 Å². The van der Waals surface area contributed by atoms with Crippen molar-refractivity contribution in [3.63, 3.8) is 0 Å². The van der Waals surface area contributed by atoms with Gasteiger partial charge in [-0.25, -0.2) is 12.8 Å². The molecule has 38 heavy (non-hydrogen) atoms. The molecule has 0 spiro atoms. The van der Waals surface area contributed by atoms with E-state index < -0.39 is 21.7 Å². The zero-order chi connectivity index (χ0) is 27.6. The number of hydrogen-bond donors (Lipinski definition) is 1. The Morgan fingerprint density at radius 1 is 0.947 bits per heavy atom. The highest BCUT2D eigenvalue weighted by Gasteiger charge is 2.24. The maximum absolute atomic E-state index is 15.5. The van der Waals surface area contributed by atoms with Crippen LogP contribution in [0.5, 0.6) is 5.75 Å². The van der Waals surface area contributed by atoms with Gasteiger partial charge in [-0.3, -0.25) is 4.79 Å². The number of aromatic nitrogens is 1. The van der Waals surface area contributed by atoms with E-state index in [1.165, 1.54) is 13.2 Å². The molecular formula is C30H31FN2O4S. The second kappa shape index (κ2) is 10.9. The first-order valence-corrected chi connectivity index (χ1v) is 14.1. The standard InChI is InChI=1S/C30H31FN2O4S/c1-19-24(17-25(32)21-11-6-5-7-12-21)30(34)28(23-14-10-15-26(37-3)29(23)31)20(2)33(19)18-22-13-8-9-16-27(22)38(4,35)36/h5-16,25H,17-18,32H2,1-4H3. The summed E-state index contributed by atoms with van der Waals surface area (Å²) in [5.74, 6) is -0.612. The lowest BCUT2D eigenvalue weighted by molar-refractivity contribution is 0.387. The van der Waals surface area contributed by atoms with E-state index in [1.54, 1.807) is 43.3 Å². The van der Waals surface area contributed by atoms with Gasteiger partial charge < -0.3 is 15.0 Å². The van der Waals surface area contributed by atoms with Gasteiger partial charge in [0.2, 0.25) is 0 Å². The number of methoxy groups -OCH3 is 1. The third kappa shape index (κ3) is 5.28. The van der Waals surface area contributed by atoms with Crippen molar-refractivity contribution in [1.29, 1.82) is 0 Å². The molecule has 0 amide bonds. The molecule has 6 nitrogen and oxygen atoms in total. The molecule has 1 heterocycles.